The van der Waals surface area contributed by atoms with Gasteiger partial charge in [-0.1, -0.05) is 0 Å². The molecule has 0 saturated carbocycles. The molecule has 0 atom stereocenters. The molecule has 0 unspecified atom stereocenters. The molecule has 2 N–H and O–H groups in total. The third-order valence-electron chi connectivity index (χ3n) is 3.47. The van der Waals surface area contributed by atoms with Crippen LogP contribution in [0.15, 0.2) is 48.8 Å². The van der Waals surface area contributed by atoms with Gasteiger partial charge in [0.1, 0.15) is 5.69 Å². The summed E-state index contributed by atoms with van der Waals surface area (Å²) in [4.78, 5) is 16.3. The van der Waals surface area contributed by atoms with Crippen molar-refractivity contribution in [3.8, 4) is 0 Å². The lowest BCUT2D eigenvalue weighted by Crippen LogP contribution is -2.21. The van der Waals surface area contributed by atoms with Crippen LogP contribution >= 0.6 is 0 Å². The number of benzene rings is 1. The number of rotatable bonds is 2. The fourth-order valence-corrected chi connectivity index (χ4v) is 2.47. The van der Waals surface area contributed by atoms with E-state index in [9.17, 15) is 18.0 Å². The average molecular weight is 319 g/mol. The topological polar surface area (TPSA) is 60.9 Å². The second-order valence-electron chi connectivity index (χ2n) is 5.11. The first-order chi connectivity index (χ1) is 10.9. The van der Waals surface area contributed by atoms with Gasteiger partial charge in [0.25, 0.3) is 0 Å². The smallest absolute Gasteiger partial charge is 0.399 e. The first-order valence-electron chi connectivity index (χ1n) is 6.76. The maximum Gasteiger partial charge on any atom is 0.431 e. The number of aromatic nitrogens is 2. The van der Waals surface area contributed by atoms with Gasteiger partial charge in [-0.2, -0.15) is 13.2 Å². The van der Waals surface area contributed by atoms with Crippen molar-refractivity contribution in [3.63, 3.8) is 0 Å². The summed E-state index contributed by atoms with van der Waals surface area (Å²) in [6.45, 7) is 0. The van der Waals surface area contributed by atoms with Gasteiger partial charge in [-0.25, -0.2) is 0 Å². The molecule has 0 bridgehead atoms. The summed E-state index contributed by atoms with van der Waals surface area (Å²) < 4.78 is 40.5. The van der Waals surface area contributed by atoms with Crippen molar-refractivity contribution in [1.29, 1.82) is 0 Å². The monoisotopic (exact) mass is 319 g/mol. The van der Waals surface area contributed by atoms with Gasteiger partial charge in [0, 0.05) is 23.5 Å². The summed E-state index contributed by atoms with van der Waals surface area (Å²) in [5.74, 6) is -0.664. The zero-order chi connectivity index (χ0) is 16.6. The summed E-state index contributed by atoms with van der Waals surface area (Å²) in [5, 5.41) is 0.278. The molecule has 2 aromatic heterocycles. The Morgan fingerprint density at radius 3 is 2.48 bits per heavy atom. The number of anilines is 1. The first-order valence-corrected chi connectivity index (χ1v) is 6.76. The standard InChI is InChI=1S/C16H12F3N3O/c17-16(18,19)14-9-11-8-12(20)1-2-13(11)22(14)15(23)7-10-3-5-21-6-4-10/h1-6,8-9H,7,20H2. The number of hydrogen-bond acceptors (Lipinski definition) is 3. The Labute approximate surface area is 129 Å². The van der Waals surface area contributed by atoms with Crippen molar-refractivity contribution in [2.45, 2.75) is 12.6 Å². The van der Waals surface area contributed by atoms with Crippen LogP contribution in [0.4, 0.5) is 18.9 Å². The number of nitrogens with two attached hydrogens (primary N) is 1. The fraction of sp³-hybridized carbons (Fsp3) is 0.125. The molecule has 3 aromatic rings. The van der Waals surface area contributed by atoms with Crippen LogP contribution < -0.4 is 5.73 Å². The Morgan fingerprint density at radius 1 is 1.13 bits per heavy atom. The third-order valence-corrected chi connectivity index (χ3v) is 3.47. The molecular formula is C16H12F3N3O. The van der Waals surface area contributed by atoms with E-state index in [1.54, 1.807) is 12.1 Å². The van der Waals surface area contributed by atoms with Crippen molar-refractivity contribution in [3.05, 3.63) is 60.0 Å². The fourth-order valence-electron chi connectivity index (χ4n) is 2.47. The van der Waals surface area contributed by atoms with E-state index in [0.29, 0.717) is 15.8 Å². The highest BCUT2D eigenvalue weighted by atomic mass is 19.4. The minimum absolute atomic E-state index is 0.153. The Hall–Kier alpha value is -2.83. The zero-order valence-corrected chi connectivity index (χ0v) is 11.8. The summed E-state index contributed by atoms with van der Waals surface area (Å²) in [6, 6.07) is 8.43. The molecule has 1 aromatic carbocycles. The van der Waals surface area contributed by atoms with Crippen molar-refractivity contribution < 1.29 is 18.0 Å². The highest BCUT2D eigenvalue weighted by Gasteiger charge is 2.37. The maximum atomic E-state index is 13.3. The van der Waals surface area contributed by atoms with Crippen molar-refractivity contribution in [2.75, 3.05) is 5.73 Å². The number of nitrogen functional groups attached to an aromatic ring is 1. The molecule has 4 nitrogen and oxygen atoms in total. The lowest BCUT2D eigenvalue weighted by atomic mass is 10.2. The first kappa shape index (κ1) is 15.1. The van der Waals surface area contributed by atoms with Gasteiger partial charge in [-0.15, -0.1) is 0 Å². The molecule has 0 amide bonds. The van der Waals surface area contributed by atoms with Crippen molar-refractivity contribution in [1.82, 2.24) is 9.55 Å². The SMILES string of the molecule is Nc1ccc2c(c1)cc(C(F)(F)F)n2C(=O)Cc1ccncc1. The van der Waals surface area contributed by atoms with E-state index >= 15 is 0 Å². The third kappa shape index (κ3) is 2.90. The molecule has 3 rings (SSSR count). The van der Waals surface area contributed by atoms with Gasteiger partial charge in [0.2, 0.25) is 5.91 Å². The minimum Gasteiger partial charge on any atom is -0.399 e. The lowest BCUT2D eigenvalue weighted by molar-refractivity contribution is -0.142. The highest BCUT2D eigenvalue weighted by Crippen LogP contribution is 2.34. The van der Waals surface area contributed by atoms with Gasteiger partial charge >= 0.3 is 6.18 Å². The van der Waals surface area contributed by atoms with Gasteiger partial charge in [-0.05, 0) is 42.0 Å². The van der Waals surface area contributed by atoms with Crippen LogP contribution in [-0.4, -0.2) is 15.5 Å². The Kier molecular flexibility index (Phi) is 3.55. The van der Waals surface area contributed by atoms with Crippen LogP contribution in [0.1, 0.15) is 16.1 Å². The summed E-state index contributed by atoms with van der Waals surface area (Å²) in [6.07, 6.45) is -1.81. The minimum atomic E-state index is -4.64. The largest absolute Gasteiger partial charge is 0.431 e. The van der Waals surface area contributed by atoms with Gasteiger partial charge < -0.3 is 5.73 Å². The number of carbonyl (C=O) groups is 1. The Bertz CT molecular complexity index is 869. The zero-order valence-electron chi connectivity index (χ0n) is 11.8. The van der Waals surface area contributed by atoms with E-state index in [-0.39, 0.29) is 17.3 Å². The summed E-state index contributed by atoms with van der Waals surface area (Å²) in [7, 11) is 0. The molecule has 0 aliphatic heterocycles. The van der Waals surface area contributed by atoms with E-state index in [2.05, 4.69) is 4.98 Å². The maximum absolute atomic E-state index is 13.3. The van der Waals surface area contributed by atoms with E-state index < -0.39 is 17.8 Å². The Morgan fingerprint density at radius 2 is 1.83 bits per heavy atom. The number of hydrogen-bond donors (Lipinski definition) is 1. The molecular weight excluding hydrogens is 307 g/mol. The number of halogens is 3. The molecule has 0 fully saturated rings. The second kappa shape index (κ2) is 5.42. The molecule has 118 valence electrons. The molecule has 23 heavy (non-hydrogen) atoms. The highest BCUT2D eigenvalue weighted by molar-refractivity contribution is 5.96. The van der Waals surface area contributed by atoms with Crippen LogP contribution in [0.25, 0.3) is 10.9 Å². The quantitative estimate of drug-likeness (QED) is 0.735. The van der Waals surface area contributed by atoms with Crippen molar-refractivity contribution >= 4 is 22.5 Å². The number of pyridine rings is 1. The number of fused-ring (bicyclic) bond motifs is 1. The normalized spacial score (nSPS) is 11.8. The van der Waals surface area contributed by atoms with Gasteiger partial charge in [0.15, 0.2) is 0 Å². The predicted molar refractivity (Wildman–Crippen MR) is 79.9 cm³/mol. The average Bonchev–Trinajstić information content (AvgIpc) is 2.87. The second-order valence-corrected chi connectivity index (χ2v) is 5.11. The van der Waals surface area contributed by atoms with E-state index in [0.717, 1.165) is 6.07 Å². The molecule has 2 heterocycles. The predicted octanol–water partition coefficient (Wildman–Crippen LogP) is 3.52. The summed E-state index contributed by atoms with van der Waals surface area (Å²) in [5.41, 5.74) is 5.72. The van der Waals surface area contributed by atoms with Crippen LogP contribution in [-0.2, 0) is 12.6 Å². The molecule has 0 spiro atoms. The van der Waals surface area contributed by atoms with Gasteiger partial charge in [0.05, 0.1) is 11.9 Å². The van der Waals surface area contributed by atoms with Crippen LogP contribution in [0, 0.1) is 0 Å². The number of alkyl halides is 3. The molecule has 0 aliphatic carbocycles. The van der Waals surface area contributed by atoms with Crippen LogP contribution in [0.3, 0.4) is 0 Å². The van der Waals surface area contributed by atoms with E-state index in [4.69, 9.17) is 5.73 Å². The molecule has 0 saturated heterocycles. The summed E-state index contributed by atoms with van der Waals surface area (Å²) >= 11 is 0. The number of carbonyl (C=O) groups excluding carboxylic acids is 1. The lowest BCUT2D eigenvalue weighted by Gasteiger charge is -2.12. The Balaban J connectivity index is 2.12. The van der Waals surface area contributed by atoms with E-state index in [1.807, 2.05) is 0 Å². The molecule has 7 heteroatoms. The molecule has 0 aliphatic rings. The molecule has 0 radical (unpaired) electrons. The van der Waals surface area contributed by atoms with Crippen LogP contribution in [0.2, 0.25) is 0 Å². The number of nitrogens with zero attached hydrogens (tertiary/aromatic N) is 2. The van der Waals surface area contributed by atoms with Crippen molar-refractivity contribution in [2.24, 2.45) is 0 Å². The van der Waals surface area contributed by atoms with Gasteiger partial charge in [-0.3, -0.25) is 14.3 Å². The van der Waals surface area contributed by atoms with E-state index in [1.165, 1.54) is 30.6 Å². The van der Waals surface area contributed by atoms with Crippen LogP contribution in [0.5, 0.6) is 0 Å².